The minimum absolute atomic E-state index is 0.107. The van der Waals surface area contributed by atoms with Crippen molar-refractivity contribution in [1.29, 1.82) is 0 Å². The molecule has 1 saturated heterocycles. The van der Waals surface area contributed by atoms with Crippen molar-refractivity contribution < 1.29 is 13.2 Å². The van der Waals surface area contributed by atoms with Crippen molar-refractivity contribution in [3.05, 3.63) is 18.3 Å². The summed E-state index contributed by atoms with van der Waals surface area (Å²) < 4.78 is 33.4. The highest BCUT2D eigenvalue weighted by Crippen LogP contribution is 2.38. The Morgan fingerprint density at radius 2 is 1.73 bits per heavy atom. The van der Waals surface area contributed by atoms with Gasteiger partial charge in [0.1, 0.15) is 10.7 Å². The standard InChI is InChI=1S/C19H33N3O3S/c1-13(2)22(14(3)4)26(23,24)15-9-10-17(20-12-15)21-16-11-18(5,6)25-19(16,7)8/h9-10,12-14,16H,11H2,1-8H3,(H,20,21). The molecule has 6 nitrogen and oxygen atoms in total. The lowest BCUT2D eigenvalue weighted by atomic mass is 9.94. The van der Waals surface area contributed by atoms with Crippen molar-refractivity contribution in [3.8, 4) is 0 Å². The van der Waals surface area contributed by atoms with Crippen LogP contribution in [0.4, 0.5) is 5.82 Å². The number of anilines is 1. The van der Waals surface area contributed by atoms with Gasteiger partial charge in [0, 0.05) is 18.3 Å². The van der Waals surface area contributed by atoms with Crippen molar-refractivity contribution in [2.45, 2.75) is 96.0 Å². The Hall–Kier alpha value is -1.18. The molecule has 1 unspecified atom stereocenters. The average molecular weight is 384 g/mol. The van der Waals surface area contributed by atoms with Crippen LogP contribution in [0.15, 0.2) is 23.2 Å². The molecule has 1 aliphatic rings. The molecule has 2 rings (SSSR count). The Kier molecular flexibility index (Phi) is 5.76. The Morgan fingerprint density at radius 3 is 2.12 bits per heavy atom. The molecule has 1 aromatic rings. The second kappa shape index (κ2) is 7.09. The van der Waals surface area contributed by atoms with Crippen LogP contribution in [-0.2, 0) is 14.8 Å². The van der Waals surface area contributed by atoms with Crippen LogP contribution < -0.4 is 5.32 Å². The molecule has 1 fully saturated rings. The predicted molar refractivity (Wildman–Crippen MR) is 105 cm³/mol. The zero-order valence-electron chi connectivity index (χ0n) is 17.2. The molecule has 1 aliphatic heterocycles. The van der Waals surface area contributed by atoms with E-state index < -0.39 is 10.0 Å². The van der Waals surface area contributed by atoms with Crippen LogP contribution in [0.5, 0.6) is 0 Å². The fraction of sp³-hybridized carbons (Fsp3) is 0.737. The molecule has 1 atom stereocenters. The molecule has 26 heavy (non-hydrogen) atoms. The summed E-state index contributed by atoms with van der Waals surface area (Å²) in [6.45, 7) is 15.8. The Labute approximate surface area is 158 Å². The first-order valence-electron chi connectivity index (χ1n) is 9.22. The third kappa shape index (κ3) is 4.38. The molecule has 0 bridgehead atoms. The predicted octanol–water partition coefficient (Wildman–Crippen LogP) is 3.65. The molecule has 0 spiro atoms. The van der Waals surface area contributed by atoms with Crippen molar-refractivity contribution >= 4 is 15.8 Å². The Bertz CT molecular complexity index is 717. The molecule has 2 heterocycles. The molecule has 1 aromatic heterocycles. The first-order valence-corrected chi connectivity index (χ1v) is 10.7. The number of ether oxygens (including phenoxy) is 1. The zero-order chi connectivity index (χ0) is 19.9. The number of aromatic nitrogens is 1. The maximum Gasteiger partial charge on any atom is 0.245 e. The van der Waals surface area contributed by atoms with Gasteiger partial charge < -0.3 is 10.1 Å². The third-order valence-electron chi connectivity index (χ3n) is 4.73. The average Bonchev–Trinajstić information content (AvgIpc) is 2.65. The van der Waals surface area contributed by atoms with E-state index in [-0.39, 0.29) is 34.2 Å². The maximum absolute atomic E-state index is 12.9. The highest BCUT2D eigenvalue weighted by Gasteiger charge is 2.46. The van der Waals surface area contributed by atoms with Gasteiger partial charge >= 0.3 is 0 Å². The fourth-order valence-corrected chi connectivity index (χ4v) is 5.64. The van der Waals surface area contributed by atoms with E-state index in [1.165, 1.54) is 10.5 Å². The first kappa shape index (κ1) is 21.1. The van der Waals surface area contributed by atoms with Gasteiger partial charge in [-0.25, -0.2) is 13.4 Å². The number of sulfonamides is 1. The summed E-state index contributed by atoms with van der Waals surface area (Å²) in [4.78, 5) is 4.57. The Balaban J connectivity index is 2.21. The van der Waals surface area contributed by atoms with Gasteiger partial charge in [0.15, 0.2) is 0 Å². The van der Waals surface area contributed by atoms with Crippen LogP contribution in [0, 0.1) is 0 Å². The molecule has 0 aromatic carbocycles. The molecule has 7 heteroatoms. The quantitative estimate of drug-likeness (QED) is 0.812. The summed E-state index contributed by atoms with van der Waals surface area (Å²) in [6.07, 6.45) is 2.29. The molecule has 148 valence electrons. The van der Waals surface area contributed by atoms with Crippen LogP contribution in [0.25, 0.3) is 0 Å². The number of nitrogens with one attached hydrogen (secondary N) is 1. The van der Waals surface area contributed by atoms with Gasteiger partial charge in [0.2, 0.25) is 10.0 Å². The molecule has 0 radical (unpaired) electrons. The van der Waals surface area contributed by atoms with Gasteiger partial charge in [-0.1, -0.05) is 0 Å². The largest absolute Gasteiger partial charge is 0.367 e. The maximum atomic E-state index is 12.9. The number of hydrogen-bond acceptors (Lipinski definition) is 5. The topological polar surface area (TPSA) is 71.5 Å². The summed E-state index contributed by atoms with van der Waals surface area (Å²) >= 11 is 0. The van der Waals surface area contributed by atoms with E-state index in [1.54, 1.807) is 12.1 Å². The highest BCUT2D eigenvalue weighted by atomic mass is 32.2. The van der Waals surface area contributed by atoms with Gasteiger partial charge in [-0.05, 0) is 73.9 Å². The van der Waals surface area contributed by atoms with Gasteiger partial charge in [0.05, 0.1) is 17.2 Å². The fourth-order valence-electron chi connectivity index (χ4n) is 3.86. The van der Waals surface area contributed by atoms with Gasteiger partial charge in [0.25, 0.3) is 0 Å². The Morgan fingerprint density at radius 1 is 1.15 bits per heavy atom. The van der Waals surface area contributed by atoms with Gasteiger partial charge in [-0.2, -0.15) is 4.31 Å². The number of nitrogens with zero attached hydrogens (tertiary/aromatic N) is 2. The summed E-state index contributed by atoms with van der Waals surface area (Å²) in [7, 11) is -3.57. The van der Waals surface area contributed by atoms with Gasteiger partial charge in [-0.15, -0.1) is 0 Å². The molecule has 0 saturated carbocycles. The summed E-state index contributed by atoms with van der Waals surface area (Å²) in [5, 5.41) is 3.40. The minimum Gasteiger partial charge on any atom is -0.367 e. The van der Waals surface area contributed by atoms with E-state index in [0.717, 1.165) is 6.42 Å². The van der Waals surface area contributed by atoms with E-state index in [4.69, 9.17) is 4.74 Å². The van der Waals surface area contributed by atoms with Crippen molar-refractivity contribution in [3.63, 3.8) is 0 Å². The molecular weight excluding hydrogens is 350 g/mol. The van der Waals surface area contributed by atoms with Crippen LogP contribution in [0.1, 0.15) is 61.8 Å². The molecule has 1 N–H and O–H groups in total. The lowest BCUT2D eigenvalue weighted by Gasteiger charge is -2.29. The SMILES string of the molecule is CC(C)N(C(C)C)S(=O)(=O)c1ccc(NC2CC(C)(C)OC2(C)C)nc1. The third-order valence-corrected chi connectivity index (χ3v) is 6.96. The lowest BCUT2D eigenvalue weighted by molar-refractivity contribution is -0.0662. The van der Waals surface area contributed by atoms with Crippen molar-refractivity contribution in [2.24, 2.45) is 0 Å². The van der Waals surface area contributed by atoms with Gasteiger partial charge in [-0.3, -0.25) is 0 Å². The van der Waals surface area contributed by atoms with E-state index in [2.05, 4.69) is 38.0 Å². The van der Waals surface area contributed by atoms with Crippen LogP contribution in [0.3, 0.4) is 0 Å². The second-order valence-corrected chi connectivity index (χ2v) is 10.6. The second-order valence-electron chi connectivity index (χ2n) is 8.77. The summed E-state index contributed by atoms with van der Waals surface area (Å²) in [6, 6.07) is 3.23. The number of pyridine rings is 1. The zero-order valence-corrected chi connectivity index (χ0v) is 18.0. The monoisotopic (exact) mass is 383 g/mol. The van der Waals surface area contributed by atoms with E-state index in [9.17, 15) is 8.42 Å². The normalized spacial score (nSPS) is 22.3. The van der Waals surface area contributed by atoms with Crippen molar-refractivity contribution in [2.75, 3.05) is 5.32 Å². The smallest absolute Gasteiger partial charge is 0.245 e. The molecular formula is C19H33N3O3S. The van der Waals surface area contributed by atoms with E-state index in [0.29, 0.717) is 5.82 Å². The lowest BCUT2D eigenvalue weighted by Crippen LogP contribution is -2.42. The van der Waals surface area contributed by atoms with Crippen LogP contribution in [-0.4, -0.2) is 47.0 Å². The van der Waals surface area contributed by atoms with Crippen molar-refractivity contribution in [1.82, 2.24) is 9.29 Å². The number of hydrogen-bond donors (Lipinski definition) is 1. The van der Waals surface area contributed by atoms with E-state index >= 15 is 0 Å². The summed E-state index contributed by atoms with van der Waals surface area (Å²) in [5.41, 5.74) is -0.512. The summed E-state index contributed by atoms with van der Waals surface area (Å²) in [5.74, 6) is 0.656. The molecule has 0 amide bonds. The van der Waals surface area contributed by atoms with E-state index in [1.807, 2.05) is 27.7 Å². The highest BCUT2D eigenvalue weighted by molar-refractivity contribution is 7.89. The number of rotatable bonds is 6. The molecule has 0 aliphatic carbocycles. The van der Waals surface area contributed by atoms with Crippen LogP contribution in [0.2, 0.25) is 0 Å². The van der Waals surface area contributed by atoms with Crippen LogP contribution >= 0.6 is 0 Å². The first-order chi connectivity index (χ1) is 11.8. The minimum atomic E-state index is -3.57.